The number of carbonyl (C=O) groups is 1. The largest absolute Gasteiger partial charge is 0.347 e. The maximum absolute atomic E-state index is 12.7. The molecule has 0 bridgehead atoms. The van der Waals surface area contributed by atoms with Crippen LogP contribution < -0.4 is 5.32 Å². The zero-order chi connectivity index (χ0) is 17.1. The molecule has 0 spiro atoms. The maximum atomic E-state index is 12.7. The highest BCUT2D eigenvalue weighted by molar-refractivity contribution is 5.83. The van der Waals surface area contributed by atoms with Crippen molar-refractivity contribution >= 4 is 5.91 Å². The van der Waals surface area contributed by atoms with Crippen molar-refractivity contribution in [2.24, 2.45) is 5.92 Å². The lowest BCUT2D eigenvalue weighted by Crippen LogP contribution is -2.33. The summed E-state index contributed by atoms with van der Waals surface area (Å²) in [5.41, 5.74) is 2.32. The van der Waals surface area contributed by atoms with E-state index in [2.05, 4.69) is 27.5 Å². The van der Waals surface area contributed by atoms with Crippen molar-refractivity contribution in [1.29, 1.82) is 0 Å². The molecule has 1 saturated carbocycles. The van der Waals surface area contributed by atoms with Crippen LogP contribution in [0.2, 0.25) is 0 Å². The van der Waals surface area contributed by atoms with Crippen LogP contribution in [0.15, 0.2) is 73.3 Å². The van der Waals surface area contributed by atoms with E-state index < -0.39 is 0 Å². The van der Waals surface area contributed by atoms with Crippen LogP contribution in [0.5, 0.6) is 0 Å². The molecule has 25 heavy (non-hydrogen) atoms. The number of nitrogens with zero attached hydrogens (tertiary/aromatic N) is 3. The molecule has 1 aliphatic rings. The van der Waals surface area contributed by atoms with Crippen LogP contribution in [0.4, 0.5) is 0 Å². The van der Waals surface area contributed by atoms with E-state index in [1.165, 1.54) is 11.9 Å². The van der Waals surface area contributed by atoms with Gasteiger partial charge >= 0.3 is 0 Å². The van der Waals surface area contributed by atoms with Gasteiger partial charge in [-0.05, 0) is 23.5 Å². The number of hydrogen-bond donors (Lipinski definition) is 1. The number of benzene rings is 2. The van der Waals surface area contributed by atoms with Gasteiger partial charge in [-0.25, -0.2) is 4.98 Å². The fraction of sp³-hybridized carbons (Fsp3) is 0.250. The molecule has 126 valence electrons. The number of amides is 1. The van der Waals surface area contributed by atoms with E-state index in [0.717, 1.165) is 12.0 Å². The molecular weight excluding hydrogens is 312 g/mol. The van der Waals surface area contributed by atoms with Gasteiger partial charge in [0.2, 0.25) is 5.91 Å². The van der Waals surface area contributed by atoms with Gasteiger partial charge < -0.3 is 5.32 Å². The van der Waals surface area contributed by atoms with E-state index in [1.54, 1.807) is 11.0 Å². The van der Waals surface area contributed by atoms with E-state index >= 15 is 0 Å². The molecule has 1 fully saturated rings. The van der Waals surface area contributed by atoms with Crippen molar-refractivity contribution in [2.45, 2.75) is 24.9 Å². The molecule has 3 atom stereocenters. The van der Waals surface area contributed by atoms with Crippen LogP contribution in [-0.4, -0.2) is 20.7 Å². The molecule has 0 saturated heterocycles. The molecule has 5 nitrogen and oxygen atoms in total. The summed E-state index contributed by atoms with van der Waals surface area (Å²) >= 11 is 0. The maximum Gasteiger partial charge on any atom is 0.224 e. The number of carbonyl (C=O) groups excluding carboxylic acids is 1. The minimum absolute atomic E-state index is 0.0596. The predicted octanol–water partition coefficient (Wildman–Crippen LogP) is 2.94. The molecule has 1 amide bonds. The zero-order valence-corrected chi connectivity index (χ0v) is 13.8. The number of hydrogen-bond acceptors (Lipinski definition) is 3. The van der Waals surface area contributed by atoms with Crippen molar-refractivity contribution in [3.8, 4) is 0 Å². The Morgan fingerprint density at radius 3 is 2.52 bits per heavy atom. The van der Waals surface area contributed by atoms with Crippen LogP contribution in [0.25, 0.3) is 0 Å². The first-order valence-corrected chi connectivity index (χ1v) is 8.54. The van der Waals surface area contributed by atoms with Crippen molar-refractivity contribution in [2.75, 3.05) is 0 Å². The average molecular weight is 332 g/mol. The fourth-order valence-corrected chi connectivity index (χ4v) is 3.27. The van der Waals surface area contributed by atoms with Gasteiger partial charge in [0.25, 0.3) is 0 Å². The highest BCUT2D eigenvalue weighted by Crippen LogP contribution is 2.47. The van der Waals surface area contributed by atoms with E-state index in [1.807, 2.05) is 48.5 Å². The van der Waals surface area contributed by atoms with Crippen molar-refractivity contribution < 1.29 is 4.79 Å². The summed E-state index contributed by atoms with van der Waals surface area (Å²) in [4.78, 5) is 16.7. The van der Waals surface area contributed by atoms with Crippen molar-refractivity contribution in [1.82, 2.24) is 20.1 Å². The van der Waals surface area contributed by atoms with Crippen molar-refractivity contribution in [3.63, 3.8) is 0 Å². The van der Waals surface area contributed by atoms with E-state index in [0.29, 0.717) is 12.5 Å². The normalized spacial score (nSPS) is 20.0. The first kappa shape index (κ1) is 15.6. The Bertz CT molecular complexity index is 817. The van der Waals surface area contributed by atoms with Gasteiger partial charge in [0.05, 0.1) is 12.6 Å². The molecular formula is C20H20N4O. The second-order valence-corrected chi connectivity index (χ2v) is 6.45. The first-order chi connectivity index (χ1) is 12.3. The third-order valence-electron chi connectivity index (χ3n) is 4.71. The molecule has 2 aromatic carbocycles. The van der Waals surface area contributed by atoms with Gasteiger partial charge in [-0.1, -0.05) is 60.7 Å². The van der Waals surface area contributed by atoms with Crippen LogP contribution in [0.3, 0.4) is 0 Å². The summed E-state index contributed by atoms with van der Waals surface area (Å²) < 4.78 is 1.75. The van der Waals surface area contributed by atoms with Gasteiger partial charge in [0, 0.05) is 5.92 Å². The molecule has 3 aromatic rings. The monoisotopic (exact) mass is 332 g/mol. The summed E-state index contributed by atoms with van der Waals surface area (Å²) in [6.45, 7) is 0.568. The van der Waals surface area contributed by atoms with E-state index in [4.69, 9.17) is 0 Å². The van der Waals surface area contributed by atoms with Crippen LogP contribution in [0.1, 0.15) is 29.5 Å². The SMILES string of the molecule is O=C(N[C@@H](Cn1cncn1)c1ccccc1)[C@@H]1C[C@H]1c1ccccc1. The highest BCUT2D eigenvalue weighted by Gasteiger charge is 2.44. The zero-order valence-electron chi connectivity index (χ0n) is 13.8. The number of aromatic nitrogens is 3. The Balaban J connectivity index is 1.46. The lowest BCUT2D eigenvalue weighted by Gasteiger charge is -2.19. The standard InChI is InChI=1S/C20H20N4O/c25-20(18-11-17(18)15-7-3-1-4-8-15)23-19(12-24-14-21-13-22-24)16-9-5-2-6-10-16/h1-10,13-14,17-19H,11-12H2,(H,23,25)/t17-,18+,19-/m0/s1. The van der Waals surface area contributed by atoms with E-state index in [9.17, 15) is 4.79 Å². The Hall–Kier alpha value is -2.95. The lowest BCUT2D eigenvalue weighted by atomic mass is 10.1. The minimum Gasteiger partial charge on any atom is -0.347 e. The summed E-state index contributed by atoms with van der Waals surface area (Å²) in [5.74, 6) is 0.510. The number of rotatable bonds is 6. The third kappa shape index (κ3) is 3.60. The van der Waals surface area contributed by atoms with Crippen LogP contribution in [-0.2, 0) is 11.3 Å². The third-order valence-corrected chi connectivity index (χ3v) is 4.71. The van der Waals surface area contributed by atoms with Gasteiger partial charge in [-0.2, -0.15) is 5.10 Å². The second kappa shape index (κ2) is 6.89. The van der Waals surface area contributed by atoms with Crippen LogP contribution in [0, 0.1) is 5.92 Å². The molecule has 0 aliphatic heterocycles. The Morgan fingerprint density at radius 2 is 1.84 bits per heavy atom. The highest BCUT2D eigenvalue weighted by atomic mass is 16.2. The average Bonchev–Trinajstić information content (AvgIpc) is 3.31. The van der Waals surface area contributed by atoms with Gasteiger partial charge in [0.1, 0.15) is 12.7 Å². The Morgan fingerprint density at radius 1 is 1.12 bits per heavy atom. The van der Waals surface area contributed by atoms with Gasteiger partial charge in [0.15, 0.2) is 0 Å². The van der Waals surface area contributed by atoms with Gasteiger partial charge in [-0.15, -0.1) is 0 Å². The fourth-order valence-electron chi connectivity index (χ4n) is 3.27. The Kier molecular flexibility index (Phi) is 4.29. The predicted molar refractivity (Wildman–Crippen MR) is 94.6 cm³/mol. The molecule has 0 radical (unpaired) electrons. The summed E-state index contributed by atoms with van der Waals surface area (Å²) in [7, 11) is 0. The van der Waals surface area contributed by atoms with Gasteiger partial charge in [-0.3, -0.25) is 9.48 Å². The second-order valence-electron chi connectivity index (χ2n) is 6.45. The minimum atomic E-state index is -0.118. The molecule has 1 N–H and O–H groups in total. The summed E-state index contributed by atoms with van der Waals surface area (Å²) in [5, 5.41) is 7.37. The first-order valence-electron chi connectivity index (χ1n) is 8.54. The summed E-state index contributed by atoms with van der Waals surface area (Å²) in [6, 6.07) is 20.2. The van der Waals surface area contributed by atoms with Crippen LogP contribution >= 0.6 is 0 Å². The molecule has 1 aromatic heterocycles. The van der Waals surface area contributed by atoms with Crippen molar-refractivity contribution in [3.05, 3.63) is 84.4 Å². The van der Waals surface area contributed by atoms with E-state index in [-0.39, 0.29) is 17.9 Å². The lowest BCUT2D eigenvalue weighted by molar-refractivity contribution is -0.123. The summed E-state index contributed by atoms with van der Waals surface area (Å²) in [6.07, 6.45) is 4.10. The Labute approximate surface area is 146 Å². The molecule has 1 heterocycles. The molecule has 5 heteroatoms. The molecule has 0 unspecified atom stereocenters. The quantitative estimate of drug-likeness (QED) is 0.755. The smallest absolute Gasteiger partial charge is 0.224 e. The molecule has 4 rings (SSSR count). The molecule has 1 aliphatic carbocycles. The topological polar surface area (TPSA) is 59.8 Å². The number of nitrogens with one attached hydrogen (secondary N) is 1.